The van der Waals surface area contributed by atoms with Gasteiger partial charge in [0.25, 0.3) is 5.91 Å². The first-order chi connectivity index (χ1) is 9.61. The van der Waals surface area contributed by atoms with Crippen molar-refractivity contribution in [3.8, 4) is 0 Å². The van der Waals surface area contributed by atoms with Gasteiger partial charge in [0.05, 0.1) is 5.56 Å². The standard InChI is InChI=1S/C14H14F3NO3/c1-8(2)7-11(13(20)21)18-12(19)9-3-5-10(6-4-9)14(15,16)17/h3-6,11H,1,7H2,2H3,(H,18,19)(H,20,21)/t11-/m1/s1. The number of alkyl halides is 3. The van der Waals surface area contributed by atoms with E-state index < -0.39 is 29.7 Å². The number of aliphatic carboxylic acids is 1. The van der Waals surface area contributed by atoms with E-state index in [0.29, 0.717) is 5.57 Å². The minimum absolute atomic E-state index is 0.0434. The summed E-state index contributed by atoms with van der Waals surface area (Å²) in [5.41, 5.74) is -0.359. The molecule has 1 rings (SSSR count). The Morgan fingerprint density at radius 2 is 1.81 bits per heavy atom. The molecule has 2 N–H and O–H groups in total. The van der Waals surface area contributed by atoms with E-state index in [9.17, 15) is 22.8 Å². The molecular formula is C14H14F3NO3. The highest BCUT2D eigenvalue weighted by molar-refractivity contribution is 5.96. The molecule has 0 radical (unpaired) electrons. The molecule has 0 aliphatic carbocycles. The van der Waals surface area contributed by atoms with E-state index in [-0.39, 0.29) is 12.0 Å². The number of hydrogen-bond donors (Lipinski definition) is 2. The van der Waals surface area contributed by atoms with Crippen LogP contribution in [-0.2, 0) is 11.0 Å². The summed E-state index contributed by atoms with van der Waals surface area (Å²) in [5, 5.41) is 11.2. The van der Waals surface area contributed by atoms with E-state index in [2.05, 4.69) is 11.9 Å². The summed E-state index contributed by atoms with van der Waals surface area (Å²) in [6, 6.07) is 2.36. The van der Waals surface area contributed by atoms with Crippen molar-refractivity contribution in [1.29, 1.82) is 0 Å². The van der Waals surface area contributed by atoms with E-state index in [1.807, 2.05) is 0 Å². The molecule has 0 saturated heterocycles. The van der Waals surface area contributed by atoms with Crippen LogP contribution in [0.1, 0.15) is 29.3 Å². The zero-order valence-electron chi connectivity index (χ0n) is 11.2. The van der Waals surface area contributed by atoms with Crippen molar-refractivity contribution >= 4 is 11.9 Å². The van der Waals surface area contributed by atoms with Crippen LogP contribution in [-0.4, -0.2) is 23.0 Å². The third kappa shape index (κ3) is 4.94. The van der Waals surface area contributed by atoms with Crippen LogP contribution < -0.4 is 5.32 Å². The van der Waals surface area contributed by atoms with Gasteiger partial charge < -0.3 is 10.4 Å². The third-order valence-corrected chi connectivity index (χ3v) is 2.63. The molecule has 0 bridgehead atoms. The van der Waals surface area contributed by atoms with E-state index in [0.717, 1.165) is 24.3 Å². The molecule has 7 heteroatoms. The van der Waals surface area contributed by atoms with Gasteiger partial charge in [-0.25, -0.2) is 4.79 Å². The molecule has 114 valence electrons. The molecule has 1 atom stereocenters. The highest BCUT2D eigenvalue weighted by Gasteiger charge is 2.30. The molecule has 1 amide bonds. The van der Waals surface area contributed by atoms with Crippen LogP contribution in [0.4, 0.5) is 13.2 Å². The van der Waals surface area contributed by atoms with Crippen LogP contribution in [0, 0.1) is 0 Å². The summed E-state index contributed by atoms with van der Waals surface area (Å²) in [7, 11) is 0. The summed E-state index contributed by atoms with van der Waals surface area (Å²) >= 11 is 0. The average Bonchev–Trinajstić information content (AvgIpc) is 2.36. The summed E-state index contributed by atoms with van der Waals surface area (Å²) < 4.78 is 37.2. The number of halogens is 3. The van der Waals surface area contributed by atoms with Crippen molar-refractivity contribution in [2.24, 2.45) is 0 Å². The Morgan fingerprint density at radius 1 is 1.29 bits per heavy atom. The van der Waals surface area contributed by atoms with Gasteiger partial charge in [0.2, 0.25) is 0 Å². The van der Waals surface area contributed by atoms with Crippen molar-refractivity contribution in [2.45, 2.75) is 25.6 Å². The van der Waals surface area contributed by atoms with Crippen LogP contribution in [0.5, 0.6) is 0 Å². The van der Waals surface area contributed by atoms with Gasteiger partial charge in [-0.15, -0.1) is 6.58 Å². The minimum atomic E-state index is -4.49. The number of nitrogens with one attached hydrogen (secondary N) is 1. The molecule has 21 heavy (non-hydrogen) atoms. The Kier molecular flexibility index (Phi) is 5.12. The van der Waals surface area contributed by atoms with Crippen molar-refractivity contribution in [1.82, 2.24) is 5.32 Å². The number of amides is 1. The predicted octanol–water partition coefficient (Wildman–Crippen LogP) is 2.85. The third-order valence-electron chi connectivity index (χ3n) is 2.63. The Hall–Kier alpha value is -2.31. The Bertz CT molecular complexity index is 550. The average molecular weight is 301 g/mol. The lowest BCUT2D eigenvalue weighted by Crippen LogP contribution is -2.40. The topological polar surface area (TPSA) is 66.4 Å². The largest absolute Gasteiger partial charge is 0.480 e. The number of hydrogen-bond acceptors (Lipinski definition) is 2. The summed E-state index contributed by atoms with van der Waals surface area (Å²) in [4.78, 5) is 22.8. The van der Waals surface area contributed by atoms with Crippen LogP contribution in [0.2, 0.25) is 0 Å². The first kappa shape index (κ1) is 16.7. The van der Waals surface area contributed by atoms with Gasteiger partial charge >= 0.3 is 12.1 Å². The highest BCUT2D eigenvalue weighted by atomic mass is 19.4. The normalized spacial score (nSPS) is 12.6. The Labute approximate surface area is 119 Å². The molecule has 0 aliphatic heterocycles. The maximum absolute atomic E-state index is 12.4. The molecule has 0 saturated carbocycles. The fourth-order valence-electron chi connectivity index (χ4n) is 1.60. The smallest absolute Gasteiger partial charge is 0.416 e. The molecule has 0 fully saturated rings. The van der Waals surface area contributed by atoms with Crippen molar-refractivity contribution in [3.63, 3.8) is 0 Å². The first-order valence-corrected chi connectivity index (χ1v) is 5.96. The molecule has 1 aromatic carbocycles. The molecule has 1 aromatic rings. The second kappa shape index (κ2) is 6.43. The zero-order chi connectivity index (χ0) is 16.2. The Morgan fingerprint density at radius 3 is 2.19 bits per heavy atom. The molecule has 0 aromatic heterocycles. The van der Waals surface area contributed by atoms with E-state index in [4.69, 9.17) is 5.11 Å². The number of rotatable bonds is 5. The lowest BCUT2D eigenvalue weighted by atomic mass is 10.1. The van der Waals surface area contributed by atoms with Crippen LogP contribution in [0.3, 0.4) is 0 Å². The van der Waals surface area contributed by atoms with Crippen molar-refractivity contribution < 1.29 is 27.9 Å². The van der Waals surface area contributed by atoms with Gasteiger partial charge in [-0.3, -0.25) is 4.79 Å². The number of carbonyl (C=O) groups excluding carboxylic acids is 1. The van der Waals surface area contributed by atoms with Crippen molar-refractivity contribution in [3.05, 3.63) is 47.5 Å². The van der Waals surface area contributed by atoms with Crippen molar-refractivity contribution in [2.75, 3.05) is 0 Å². The predicted molar refractivity (Wildman–Crippen MR) is 69.8 cm³/mol. The fraction of sp³-hybridized carbons (Fsp3) is 0.286. The SMILES string of the molecule is C=C(C)C[C@@H](NC(=O)c1ccc(C(F)(F)F)cc1)C(=O)O. The van der Waals surface area contributed by atoms with Gasteiger partial charge in [-0.2, -0.15) is 13.2 Å². The van der Waals surface area contributed by atoms with Crippen LogP contribution in [0.15, 0.2) is 36.4 Å². The number of benzene rings is 1. The Balaban J connectivity index is 2.83. The number of carboxylic acids is 1. The van der Waals surface area contributed by atoms with Crippen LogP contribution >= 0.6 is 0 Å². The van der Waals surface area contributed by atoms with Gasteiger partial charge in [-0.05, 0) is 37.6 Å². The maximum Gasteiger partial charge on any atom is 0.416 e. The second-order valence-electron chi connectivity index (χ2n) is 4.60. The molecule has 0 unspecified atom stereocenters. The second-order valence-corrected chi connectivity index (χ2v) is 4.60. The molecule has 0 aliphatic rings. The van der Waals surface area contributed by atoms with Gasteiger partial charge in [0.1, 0.15) is 6.04 Å². The van der Waals surface area contributed by atoms with Gasteiger partial charge in [-0.1, -0.05) is 5.57 Å². The minimum Gasteiger partial charge on any atom is -0.480 e. The molecule has 0 heterocycles. The lowest BCUT2D eigenvalue weighted by Gasteiger charge is -2.14. The van der Waals surface area contributed by atoms with Gasteiger partial charge in [0, 0.05) is 5.56 Å². The summed E-state index contributed by atoms with van der Waals surface area (Å²) in [6.07, 6.45) is -4.44. The number of carbonyl (C=O) groups is 2. The quantitative estimate of drug-likeness (QED) is 0.822. The summed E-state index contributed by atoms with van der Waals surface area (Å²) in [5.74, 6) is -1.99. The van der Waals surface area contributed by atoms with Gasteiger partial charge in [0.15, 0.2) is 0 Å². The van der Waals surface area contributed by atoms with Crippen LogP contribution in [0.25, 0.3) is 0 Å². The zero-order valence-corrected chi connectivity index (χ0v) is 11.2. The van der Waals surface area contributed by atoms with E-state index in [1.54, 1.807) is 6.92 Å². The fourth-order valence-corrected chi connectivity index (χ4v) is 1.60. The van der Waals surface area contributed by atoms with E-state index >= 15 is 0 Å². The number of carboxylic acid groups (broad SMARTS) is 1. The van der Waals surface area contributed by atoms with E-state index in [1.165, 1.54) is 0 Å². The molecule has 0 spiro atoms. The molecular weight excluding hydrogens is 287 g/mol. The summed E-state index contributed by atoms with van der Waals surface area (Å²) in [6.45, 7) is 5.17. The lowest BCUT2D eigenvalue weighted by molar-refractivity contribution is -0.139. The monoisotopic (exact) mass is 301 g/mol. The maximum atomic E-state index is 12.4. The highest BCUT2D eigenvalue weighted by Crippen LogP contribution is 2.29. The molecule has 4 nitrogen and oxygen atoms in total. The first-order valence-electron chi connectivity index (χ1n) is 5.96.